The summed E-state index contributed by atoms with van der Waals surface area (Å²) in [5.74, 6) is -5.39. The van der Waals surface area contributed by atoms with Gasteiger partial charge >= 0.3 is 19.7 Å². The minimum absolute atomic E-state index is 0.0360. The van der Waals surface area contributed by atoms with Crippen LogP contribution in [0.1, 0.15) is 42.4 Å². The first-order valence-electron chi connectivity index (χ1n) is 11.1. The number of anilines is 1. The SMILES string of the molecule is O=P(O)(O)CCCNCc1ccc(NCCCCCc2ccc(F)cc2)c(C(F)(F)C(F)(F)F)c1. The van der Waals surface area contributed by atoms with E-state index in [0.717, 1.165) is 18.1 Å². The van der Waals surface area contributed by atoms with Crippen molar-refractivity contribution in [1.82, 2.24) is 5.32 Å². The Hall–Kier alpha value is -2.07. The van der Waals surface area contributed by atoms with Gasteiger partial charge in [0, 0.05) is 18.8 Å². The van der Waals surface area contributed by atoms with Gasteiger partial charge in [0.15, 0.2) is 0 Å². The highest BCUT2D eigenvalue weighted by atomic mass is 31.2. The summed E-state index contributed by atoms with van der Waals surface area (Å²) in [5, 5.41) is 5.46. The molecule has 4 N–H and O–H groups in total. The summed E-state index contributed by atoms with van der Waals surface area (Å²) in [4.78, 5) is 17.6. The fraction of sp³-hybridized carbons (Fsp3) is 0.478. The van der Waals surface area contributed by atoms with E-state index in [1.807, 2.05) is 0 Å². The van der Waals surface area contributed by atoms with Crippen molar-refractivity contribution in [1.29, 1.82) is 0 Å². The molecule has 0 saturated heterocycles. The lowest BCUT2D eigenvalue weighted by Gasteiger charge is -2.24. The molecule has 0 heterocycles. The Balaban J connectivity index is 1.94. The molecule has 0 aliphatic rings. The van der Waals surface area contributed by atoms with Crippen molar-refractivity contribution in [2.45, 2.75) is 50.7 Å². The molecule has 2 aromatic carbocycles. The van der Waals surface area contributed by atoms with Crippen molar-refractivity contribution in [2.24, 2.45) is 0 Å². The number of aryl methyl sites for hydroxylation is 1. The Bertz CT molecular complexity index is 980. The summed E-state index contributed by atoms with van der Waals surface area (Å²) in [6, 6.07) is 9.46. The zero-order chi connectivity index (χ0) is 26.1. The van der Waals surface area contributed by atoms with Gasteiger partial charge in [-0.1, -0.05) is 24.6 Å². The van der Waals surface area contributed by atoms with Crippen LogP contribution in [-0.4, -0.2) is 35.2 Å². The average molecular weight is 526 g/mol. The van der Waals surface area contributed by atoms with E-state index in [-0.39, 0.29) is 49.3 Å². The van der Waals surface area contributed by atoms with Crippen molar-refractivity contribution in [2.75, 3.05) is 24.6 Å². The molecule has 196 valence electrons. The Morgan fingerprint density at radius 1 is 0.829 bits per heavy atom. The Morgan fingerprint density at radius 3 is 2.11 bits per heavy atom. The lowest BCUT2D eigenvalue weighted by atomic mass is 10.0. The molecule has 0 saturated carbocycles. The smallest absolute Gasteiger partial charge is 0.385 e. The second kappa shape index (κ2) is 12.8. The number of unbranched alkanes of at least 4 members (excludes halogenated alkanes) is 2. The maximum atomic E-state index is 14.2. The van der Waals surface area contributed by atoms with Crippen LogP contribution in [0.5, 0.6) is 0 Å². The van der Waals surface area contributed by atoms with Gasteiger partial charge < -0.3 is 20.4 Å². The van der Waals surface area contributed by atoms with Crippen LogP contribution in [0.25, 0.3) is 0 Å². The lowest BCUT2D eigenvalue weighted by Crippen LogP contribution is -2.34. The van der Waals surface area contributed by atoms with E-state index in [0.29, 0.717) is 19.3 Å². The molecular formula is C23H29F6N2O3P. The summed E-state index contributed by atoms with van der Waals surface area (Å²) >= 11 is 0. The summed E-state index contributed by atoms with van der Waals surface area (Å²) in [6.45, 7) is 0.324. The van der Waals surface area contributed by atoms with E-state index in [1.54, 1.807) is 12.1 Å². The topological polar surface area (TPSA) is 81.6 Å². The van der Waals surface area contributed by atoms with Gasteiger partial charge in [-0.15, -0.1) is 0 Å². The third-order valence-corrected chi connectivity index (χ3v) is 6.18. The van der Waals surface area contributed by atoms with Gasteiger partial charge in [0.2, 0.25) is 0 Å². The van der Waals surface area contributed by atoms with E-state index in [4.69, 9.17) is 9.79 Å². The highest BCUT2D eigenvalue weighted by Crippen LogP contribution is 2.46. The average Bonchev–Trinajstić information content (AvgIpc) is 2.76. The first-order valence-corrected chi connectivity index (χ1v) is 12.9. The zero-order valence-electron chi connectivity index (χ0n) is 18.9. The number of rotatable bonds is 14. The normalized spacial score (nSPS) is 12.7. The molecule has 0 fully saturated rings. The molecule has 0 bridgehead atoms. The van der Waals surface area contributed by atoms with Crippen LogP contribution < -0.4 is 10.6 Å². The van der Waals surface area contributed by atoms with Crippen LogP contribution in [0.2, 0.25) is 0 Å². The number of halogens is 6. The Morgan fingerprint density at radius 2 is 1.49 bits per heavy atom. The first-order chi connectivity index (χ1) is 16.3. The Kier molecular flexibility index (Phi) is 10.6. The highest BCUT2D eigenvalue weighted by Gasteiger charge is 2.59. The van der Waals surface area contributed by atoms with Crippen LogP contribution >= 0.6 is 7.60 Å². The molecule has 0 aromatic heterocycles. The number of hydrogen-bond donors (Lipinski definition) is 4. The Labute approximate surface area is 200 Å². The van der Waals surface area contributed by atoms with E-state index in [9.17, 15) is 30.9 Å². The maximum absolute atomic E-state index is 14.2. The maximum Gasteiger partial charge on any atom is 0.458 e. The van der Waals surface area contributed by atoms with Crippen molar-refractivity contribution in [3.05, 3.63) is 65.0 Å². The fourth-order valence-electron chi connectivity index (χ4n) is 3.42. The third kappa shape index (κ3) is 9.83. The van der Waals surface area contributed by atoms with Crippen LogP contribution in [0.3, 0.4) is 0 Å². The molecule has 0 aliphatic carbocycles. The molecule has 5 nitrogen and oxygen atoms in total. The van der Waals surface area contributed by atoms with Crippen molar-refractivity contribution >= 4 is 13.3 Å². The monoisotopic (exact) mass is 526 g/mol. The number of benzene rings is 2. The molecule has 0 aliphatic heterocycles. The summed E-state index contributed by atoms with van der Waals surface area (Å²) in [7, 11) is -4.16. The predicted octanol–water partition coefficient (Wildman–Crippen LogP) is 5.96. The summed E-state index contributed by atoms with van der Waals surface area (Å²) in [5.41, 5.74) is -0.343. The zero-order valence-corrected chi connectivity index (χ0v) is 19.8. The lowest BCUT2D eigenvalue weighted by molar-refractivity contribution is -0.289. The van der Waals surface area contributed by atoms with Gasteiger partial charge in [0.05, 0.1) is 11.7 Å². The van der Waals surface area contributed by atoms with Gasteiger partial charge in [-0.05, 0) is 67.6 Å². The third-order valence-electron chi connectivity index (χ3n) is 5.28. The second-order valence-corrected chi connectivity index (χ2v) is 10.0. The van der Waals surface area contributed by atoms with Gasteiger partial charge in [-0.25, -0.2) is 4.39 Å². The minimum atomic E-state index is -5.77. The van der Waals surface area contributed by atoms with E-state index in [1.165, 1.54) is 24.3 Å². The molecule has 12 heteroatoms. The van der Waals surface area contributed by atoms with Crippen molar-refractivity contribution in [3.8, 4) is 0 Å². The number of nitrogens with one attached hydrogen (secondary N) is 2. The van der Waals surface area contributed by atoms with Crippen molar-refractivity contribution in [3.63, 3.8) is 0 Å². The van der Waals surface area contributed by atoms with Crippen molar-refractivity contribution < 1.29 is 40.7 Å². The molecular weight excluding hydrogens is 497 g/mol. The second-order valence-electron chi connectivity index (χ2n) is 8.23. The molecule has 0 spiro atoms. The van der Waals surface area contributed by atoms with Gasteiger partial charge in [-0.2, -0.15) is 22.0 Å². The van der Waals surface area contributed by atoms with Gasteiger partial charge in [0.1, 0.15) is 5.82 Å². The first kappa shape index (κ1) is 29.2. The van der Waals surface area contributed by atoms with E-state index < -0.39 is 25.3 Å². The molecule has 0 radical (unpaired) electrons. The molecule has 0 amide bonds. The van der Waals surface area contributed by atoms with Gasteiger partial charge in [0.25, 0.3) is 0 Å². The van der Waals surface area contributed by atoms with E-state index >= 15 is 0 Å². The quantitative estimate of drug-likeness (QED) is 0.139. The minimum Gasteiger partial charge on any atom is -0.385 e. The van der Waals surface area contributed by atoms with E-state index in [2.05, 4.69) is 10.6 Å². The number of alkyl halides is 5. The van der Waals surface area contributed by atoms with Crippen LogP contribution in [0, 0.1) is 5.82 Å². The highest BCUT2D eigenvalue weighted by molar-refractivity contribution is 7.51. The number of hydrogen-bond acceptors (Lipinski definition) is 3. The standard InChI is InChI=1S/C23H29F6N2O3P/c24-19-9-6-17(7-10-19)5-2-1-3-13-31-21-11-8-18(16-30-12-4-14-35(32,33)34)15-20(21)22(25,26)23(27,28)29/h6-11,15,30-31H,1-5,12-14,16H2,(H2,32,33,34). The van der Waals surface area contributed by atoms with Crippen LogP contribution in [-0.2, 0) is 23.5 Å². The summed E-state index contributed by atoms with van der Waals surface area (Å²) in [6.07, 6.45) is -3.30. The molecule has 0 unspecified atom stereocenters. The largest absolute Gasteiger partial charge is 0.458 e. The molecule has 0 atom stereocenters. The fourth-order valence-corrected chi connectivity index (χ4v) is 3.99. The summed E-state index contributed by atoms with van der Waals surface area (Å²) < 4.78 is 91.4. The molecule has 2 aromatic rings. The molecule has 35 heavy (non-hydrogen) atoms. The molecule has 2 rings (SSSR count). The predicted molar refractivity (Wildman–Crippen MR) is 122 cm³/mol. The van der Waals surface area contributed by atoms with Gasteiger partial charge in [-0.3, -0.25) is 4.57 Å². The van der Waals surface area contributed by atoms with Crippen LogP contribution in [0.4, 0.5) is 32.0 Å². The van der Waals surface area contributed by atoms with Crippen LogP contribution in [0.15, 0.2) is 42.5 Å².